The smallest absolute Gasteiger partial charge is 0.267 e. The number of aromatic nitrogens is 4. The van der Waals surface area contributed by atoms with E-state index in [-0.39, 0.29) is 24.1 Å². The lowest BCUT2D eigenvalue weighted by molar-refractivity contribution is -0.122. The fraction of sp³-hybridized carbons (Fsp3) is 0.263. The molecule has 0 saturated heterocycles. The first kappa shape index (κ1) is 17.6. The summed E-state index contributed by atoms with van der Waals surface area (Å²) < 4.78 is 2.80. The van der Waals surface area contributed by atoms with Crippen molar-refractivity contribution in [2.24, 2.45) is 0 Å². The summed E-state index contributed by atoms with van der Waals surface area (Å²) in [6, 6.07) is 14.4. The number of hydrogen-bond donors (Lipinski definition) is 1. The van der Waals surface area contributed by atoms with Crippen LogP contribution in [0.5, 0.6) is 0 Å². The highest BCUT2D eigenvalue weighted by atomic mass is 16.2. The van der Waals surface area contributed by atoms with Gasteiger partial charge in [-0.1, -0.05) is 30.3 Å². The first-order chi connectivity index (χ1) is 12.4. The first-order valence-electron chi connectivity index (χ1n) is 8.40. The van der Waals surface area contributed by atoms with Gasteiger partial charge in [-0.15, -0.1) is 5.10 Å². The summed E-state index contributed by atoms with van der Waals surface area (Å²) in [7, 11) is 0. The van der Waals surface area contributed by atoms with E-state index in [0.717, 1.165) is 21.6 Å². The fourth-order valence-electron chi connectivity index (χ4n) is 2.77. The van der Waals surface area contributed by atoms with Crippen molar-refractivity contribution in [3.8, 4) is 5.82 Å². The average molecular weight is 351 g/mol. The Hall–Kier alpha value is -3.22. The Morgan fingerprint density at radius 2 is 1.85 bits per heavy atom. The van der Waals surface area contributed by atoms with Crippen LogP contribution in [0.4, 0.5) is 0 Å². The molecular formula is C19H21N5O2. The predicted octanol–water partition coefficient (Wildman–Crippen LogP) is 1.92. The Kier molecular flexibility index (Phi) is 4.97. The molecule has 0 aliphatic heterocycles. The van der Waals surface area contributed by atoms with Crippen LogP contribution in [-0.4, -0.2) is 25.5 Å². The van der Waals surface area contributed by atoms with Gasteiger partial charge in [0.15, 0.2) is 5.82 Å². The van der Waals surface area contributed by atoms with E-state index in [1.165, 1.54) is 6.07 Å². The van der Waals surface area contributed by atoms with Gasteiger partial charge in [-0.05, 0) is 38.5 Å². The lowest BCUT2D eigenvalue weighted by Gasteiger charge is -2.15. The zero-order valence-corrected chi connectivity index (χ0v) is 15.0. The monoisotopic (exact) mass is 351 g/mol. The molecule has 0 unspecified atom stereocenters. The maximum absolute atomic E-state index is 12.3. The van der Waals surface area contributed by atoms with Crippen molar-refractivity contribution < 1.29 is 4.79 Å². The van der Waals surface area contributed by atoms with Crippen molar-refractivity contribution in [2.75, 3.05) is 0 Å². The van der Waals surface area contributed by atoms with Gasteiger partial charge in [0, 0.05) is 11.8 Å². The number of carbonyl (C=O) groups excluding carboxylic acids is 1. The number of nitrogens with zero attached hydrogens (tertiary/aromatic N) is 4. The number of amides is 1. The van der Waals surface area contributed by atoms with Crippen LogP contribution in [0.25, 0.3) is 5.82 Å². The summed E-state index contributed by atoms with van der Waals surface area (Å²) in [6.45, 7) is 5.54. The molecule has 134 valence electrons. The van der Waals surface area contributed by atoms with Crippen molar-refractivity contribution >= 4 is 5.91 Å². The van der Waals surface area contributed by atoms with E-state index in [9.17, 15) is 9.59 Å². The van der Waals surface area contributed by atoms with Gasteiger partial charge in [-0.2, -0.15) is 5.10 Å². The zero-order chi connectivity index (χ0) is 18.7. The van der Waals surface area contributed by atoms with Crippen molar-refractivity contribution in [2.45, 2.75) is 33.4 Å². The van der Waals surface area contributed by atoms with Crippen LogP contribution in [0.2, 0.25) is 0 Å². The summed E-state index contributed by atoms with van der Waals surface area (Å²) in [5.41, 5.74) is 2.43. The molecule has 26 heavy (non-hydrogen) atoms. The number of carbonyl (C=O) groups is 1. The maximum Gasteiger partial charge on any atom is 0.267 e. The molecule has 3 aromatic rings. The summed E-state index contributed by atoms with van der Waals surface area (Å²) >= 11 is 0. The van der Waals surface area contributed by atoms with Crippen molar-refractivity contribution in [1.29, 1.82) is 0 Å². The molecule has 3 rings (SSSR count). The van der Waals surface area contributed by atoms with Crippen molar-refractivity contribution in [1.82, 2.24) is 24.9 Å². The third-order valence-electron chi connectivity index (χ3n) is 4.05. The van der Waals surface area contributed by atoms with Gasteiger partial charge in [0.05, 0.1) is 11.7 Å². The minimum Gasteiger partial charge on any atom is -0.348 e. The molecule has 1 aromatic carbocycles. The highest BCUT2D eigenvalue weighted by Gasteiger charge is 2.13. The maximum atomic E-state index is 12.3. The minimum atomic E-state index is -0.335. The standard InChI is InChI=1S/C19H21N5O2/c1-13-11-14(2)24(21-13)17-9-10-19(26)23(22-17)12-18(25)20-15(3)16-7-5-4-6-8-16/h4-11,15H,12H2,1-3H3,(H,20,25)/t15-/m1/s1. The van der Waals surface area contributed by atoms with Gasteiger partial charge in [-0.3, -0.25) is 9.59 Å². The summed E-state index contributed by atoms with van der Waals surface area (Å²) in [6.07, 6.45) is 0. The second-order valence-electron chi connectivity index (χ2n) is 6.23. The lowest BCUT2D eigenvalue weighted by Crippen LogP contribution is -2.35. The normalized spacial score (nSPS) is 12.0. The van der Waals surface area contributed by atoms with Gasteiger partial charge in [0.2, 0.25) is 5.91 Å². The van der Waals surface area contributed by atoms with E-state index in [1.54, 1.807) is 10.7 Å². The Labute approximate surface area is 151 Å². The predicted molar refractivity (Wildman–Crippen MR) is 98.1 cm³/mol. The Morgan fingerprint density at radius 3 is 2.50 bits per heavy atom. The van der Waals surface area contributed by atoms with Crippen LogP contribution in [0.15, 0.2) is 53.3 Å². The highest BCUT2D eigenvalue weighted by molar-refractivity contribution is 5.76. The summed E-state index contributed by atoms with van der Waals surface area (Å²) in [5.74, 6) is 0.223. The van der Waals surface area contributed by atoms with Gasteiger partial charge >= 0.3 is 0 Å². The van der Waals surface area contributed by atoms with E-state index in [1.807, 2.05) is 57.2 Å². The van der Waals surface area contributed by atoms with E-state index in [2.05, 4.69) is 15.5 Å². The molecule has 1 N–H and O–H groups in total. The van der Waals surface area contributed by atoms with Crippen LogP contribution in [0, 0.1) is 13.8 Å². The van der Waals surface area contributed by atoms with Crippen LogP contribution in [0.1, 0.15) is 29.9 Å². The topological polar surface area (TPSA) is 81.8 Å². The summed E-state index contributed by atoms with van der Waals surface area (Å²) in [5, 5.41) is 11.5. The van der Waals surface area contributed by atoms with Crippen LogP contribution in [-0.2, 0) is 11.3 Å². The Balaban J connectivity index is 1.77. The van der Waals surface area contributed by atoms with Crippen molar-refractivity contribution in [3.63, 3.8) is 0 Å². The Morgan fingerprint density at radius 1 is 1.12 bits per heavy atom. The zero-order valence-electron chi connectivity index (χ0n) is 15.0. The van der Waals surface area contributed by atoms with Crippen LogP contribution in [0.3, 0.4) is 0 Å². The largest absolute Gasteiger partial charge is 0.348 e. The van der Waals surface area contributed by atoms with E-state index >= 15 is 0 Å². The molecule has 7 nitrogen and oxygen atoms in total. The second-order valence-corrected chi connectivity index (χ2v) is 6.23. The van der Waals surface area contributed by atoms with Gasteiger partial charge in [-0.25, -0.2) is 9.36 Å². The third kappa shape index (κ3) is 3.88. The number of benzene rings is 1. The number of rotatable bonds is 5. The molecule has 0 spiro atoms. The van der Waals surface area contributed by atoms with Crippen LogP contribution < -0.4 is 10.9 Å². The van der Waals surface area contributed by atoms with Gasteiger partial charge in [0.1, 0.15) is 6.54 Å². The van der Waals surface area contributed by atoms with E-state index in [4.69, 9.17) is 0 Å². The molecule has 1 amide bonds. The molecule has 0 aliphatic carbocycles. The number of aryl methyl sites for hydroxylation is 2. The number of hydrogen-bond acceptors (Lipinski definition) is 4. The Bertz CT molecular complexity index is 975. The third-order valence-corrected chi connectivity index (χ3v) is 4.05. The van der Waals surface area contributed by atoms with Crippen molar-refractivity contribution in [3.05, 3.63) is 75.8 Å². The summed E-state index contributed by atoms with van der Waals surface area (Å²) in [4.78, 5) is 24.4. The fourth-order valence-corrected chi connectivity index (χ4v) is 2.77. The second kappa shape index (κ2) is 7.35. The SMILES string of the molecule is Cc1cc(C)n(-c2ccc(=O)n(CC(=O)N[C@H](C)c3ccccc3)n2)n1. The average Bonchev–Trinajstić information content (AvgIpc) is 2.96. The molecule has 2 heterocycles. The van der Waals surface area contributed by atoms with Gasteiger partial charge < -0.3 is 5.32 Å². The lowest BCUT2D eigenvalue weighted by atomic mass is 10.1. The quantitative estimate of drug-likeness (QED) is 0.761. The molecule has 0 fully saturated rings. The van der Waals surface area contributed by atoms with E-state index < -0.39 is 0 Å². The molecule has 2 aromatic heterocycles. The van der Waals surface area contributed by atoms with E-state index in [0.29, 0.717) is 5.82 Å². The van der Waals surface area contributed by atoms with Gasteiger partial charge in [0.25, 0.3) is 5.56 Å². The first-order valence-corrected chi connectivity index (χ1v) is 8.40. The molecule has 1 atom stereocenters. The molecule has 0 bridgehead atoms. The molecule has 0 saturated carbocycles. The molecule has 7 heteroatoms. The highest BCUT2D eigenvalue weighted by Crippen LogP contribution is 2.11. The molecule has 0 radical (unpaired) electrons. The van der Waals surface area contributed by atoms with Crippen LogP contribution >= 0.6 is 0 Å². The molecular weight excluding hydrogens is 330 g/mol. The molecule has 0 aliphatic rings. The number of nitrogens with one attached hydrogen (secondary N) is 1. The minimum absolute atomic E-state index is 0.150.